The summed E-state index contributed by atoms with van der Waals surface area (Å²) in [5.41, 5.74) is 6.74. The first-order valence-electron chi connectivity index (χ1n) is 28.3. The average molecular weight is 1100 g/mol. The van der Waals surface area contributed by atoms with Gasteiger partial charge in [0.05, 0.1) is 5.69 Å². The second kappa shape index (κ2) is 17.8. The van der Waals surface area contributed by atoms with Crippen molar-refractivity contribution in [2.45, 2.75) is 98.2 Å². The van der Waals surface area contributed by atoms with Crippen LogP contribution in [0.2, 0.25) is 6.32 Å². The zero-order chi connectivity index (χ0) is 57.1. The van der Waals surface area contributed by atoms with Crippen LogP contribution in [0.4, 0.5) is 11.5 Å². The van der Waals surface area contributed by atoms with Crippen molar-refractivity contribution in [2.75, 3.05) is 4.81 Å². The number of fused-ring (bicyclic) bond motifs is 4. The van der Waals surface area contributed by atoms with Gasteiger partial charge in [0.1, 0.15) is 0 Å². The molecule has 1 aliphatic heterocycles. The van der Waals surface area contributed by atoms with E-state index in [0.717, 1.165) is 46.8 Å². The van der Waals surface area contributed by atoms with Crippen molar-refractivity contribution in [1.29, 1.82) is 0 Å². The molecule has 3 aromatic heterocycles. The van der Waals surface area contributed by atoms with E-state index in [-0.39, 0.29) is 45.8 Å². The second-order valence-electron chi connectivity index (χ2n) is 20.6. The molecule has 0 aliphatic carbocycles. The Balaban J connectivity index is 1.19. The van der Waals surface area contributed by atoms with Crippen LogP contribution in [0.3, 0.4) is 0 Å². The minimum absolute atomic E-state index is 0.110. The molecule has 10 rings (SSSR count). The van der Waals surface area contributed by atoms with Crippen LogP contribution in [-0.4, -0.2) is 30.8 Å². The molecule has 0 fully saturated rings. The Morgan fingerprint density at radius 3 is 1.88 bits per heavy atom. The van der Waals surface area contributed by atoms with Crippen molar-refractivity contribution in [3.8, 4) is 56.4 Å². The van der Waals surface area contributed by atoms with E-state index in [4.69, 9.17) is 23.0 Å². The van der Waals surface area contributed by atoms with Gasteiger partial charge in [-0.25, -0.2) is 0 Å². The number of hydrogen-bond donors (Lipinski definition) is 0. The Morgan fingerprint density at radius 2 is 1.28 bits per heavy atom. The van der Waals surface area contributed by atoms with E-state index >= 15 is 0 Å². The molecule has 0 saturated carbocycles. The normalized spacial score (nSPS) is 15.0. The number of aromatic nitrogens is 5. The molecule has 0 amide bonds. The molecule has 0 N–H and O–H groups in total. The molecule has 9 aromatic rings. The zero-order valence-electron chi connectivity index (χ0n) is 50.6. The van der Waals surface area contributed by atoms with Gasteiger partial charge in [-0.05, 0) is 17.0 Å². The molecular formula is C60H59BN6OPt-2. The molecule has 4 heterocycles. The van der Waals surface area contributed by atoms with Crippen molar-refractivity contribution >= 4 is 29.5 Å². The Labute approximate surface area is 433 Å². The van der Waals surface area contributed by atoms with E-state index in [1.165, 1.54) is 0 Å². The van der Waals surface area contributed by atoms with E-state index in [2.05, 4.69) is 108 Å². The molecule has 0 unspecified atom stereocenters. The third-order valence-electron chi connectivity index (χ3n) is 12.6. The number of pyridine rings is 1. The molecule has 69 heavy (non-hydrogen) atoms. The van der Waals surface area contributed by atoms with Gasteiger partial charge in [-0.3, -0.25) is 0 Å². The monoisotopic (exact) mass is 1100 g/mol. The number of ether oxygens (including phenoxy) is 1. The quantitative estimate of drug-likeness (QED) is 0.107. The predicted octanol–water partition coefficient (Wildman–Crippen LogP) is 15.3. The van der Waals surface area contributed by atoms with Gasteiger partial charge in [0.15, 0.2) is 0 Å². The van der Waals surface area contributed by atoms with Gasteiger partial charge in [0, 0.05) is 11.6 Å². The number of imidazole rings is 1. The number of para-hydroxylation sites is 2. The predicted molar refractivity (Wildman–Crippen MR) is 281 cm³/mol. The van der Waals surface area contributed by atoms with Crippen molar-refractivity contribution in [1.82, 2.24) is 23.8 Å². The summed E-state index contributed by atoms with van der Waals surface area (Å²) in [6.45, 7) is 20.9. The van der Waals surface area contributed by atoms with Crippen LogP contribution in [0.15, 0.2) is 152 Å². The topological polar surface area (TPSA) is 53.0 Å². The fourth-order valence-corrected chi connectivity index (χ4v) is 9.99. The van der Waals surface area contributed by atoms with Crippen LogP contribution in [0.25, 0.3) is 55.9 Å². The maximum atomic E-state index is 9.33. The number of anilines is 2. The summed E-state index contributed by atoms with van der Waals surface area (Å²) in [5, 5.41) is 5.25. The summed E-state index contributed by atoms with van der Waals surface area (Å²) >= 11 is 2.18. The third-order valence-corrected chi connectivity index (χ3v) is 13.6. The molecule has 1 aliphatic rings. The molecule has 7 nitrogen and oxygen atoms in total. The first-order chi connectivity index (χ1) is 37.1. The van der Waals surface area contributed by atoms with E-state index < -0.39 is 65.8 Å². The number of nitrogens with zero attached hydrogens (tertiary/aromatic N) is 6. The molecule has 0 atom stereocenters. The van der Waals surface area contributed by atoms with Gasteiger partial charge in [-0.1, -0.05) is 54.9 Å². The minimum atomic E-state index is -0.637. The molecule has 0 bridgehead atoms. The third kappa shape index (κ3) is 8.67. The fourth-order valence-electron chi connectivity index (χ4n) is 8.92. The summed E-state index contributed by atoms with van der Waals surface area (Å²) < 4.78 is 103. The molecule has 0 saturated heterocycles. The van der Waals surface area contributed by atoms with Crippen LogP contribution in [0.1, 0.15) is 106 Å². The van der Waals surface area contributed by atoms with Gasteiger partial charge in [-0.2, -0.15) is 5.10 Å². The van der Waals surface area contributed by atoms with Gasteiger partial charge in [0.25, 0.3) is 0 Å². The van der Waals surface area contributed by atoms with Crippen molar-refractivity contribution < 1.29 is 37.8 Å². The number of rotatable bonds is 9. The number of benzene rings is 6. The molecule has 6 aromatic carbocycles. The number of hydrogen-bond acceptors (Lipinski definition) is 4. The van der Waals surface area contributed by atoms with Gasteiger partial charge < -0.3 is 0 Å². The SMILES string of the molecule is [2H]c1c([2H])c([2H])c(-c2cc(C(C)(C)C)cc(-c3c([2H])c([2H])c([2H])c([2H])c3[2H])c2-n2[c](=[Pt])n(-c3[c-]c(Oc4[c-]c5c(cc4)-c4cc(C(C)(C)C)nn4B(CCC)N5c4cc(C(C)(C)C)ccn4)ccc3)c3ccccc32)c([2H])c1[2H]. The van der Waals surface area contributed by atoms with Crippen LogP contribution in [-0.2, 0) is 35.6 Å². The maximum absolute atomic E-state index is 9.33. The summed E-state index contributed by atoms with van der Waals surface area (Å²) in [5.74, 6) is 1.59. The Hall–Kier alpha value is -6.50. The van der Waals surface area contributed by atoms with E-state index in [1.807, 2.05) is 90.7 Å². The second-order valence-corrected chi connectivity index (χ2v) is 21.6. The molecule has 350 valence electrons. The molecule has 0 radical (unpaired) electrons. The molecule has 9 heteroatoms. The molecular weight excluding hydrogens is 1030 g/mol. The van der Waals surface area contributed by atoms with E-state index in [9.17, 15) is 5.48 Å². The van der Waals surface area contributed by atoms with E-state index in [0.29, 0.717) is 37.6 Å². The summed E-state index contributed by atoms with van der Waals surface area (Å²) in [4.78, 5) is 7.21. The van der Waals surface area contributed by atoms with Crippen LogP contribution in [0.5, 0.6) is 11.5 Å². The Bertz CT molecular complexity index is 3890. The van der Waals surface area contributed by atoms with E-state index in [1.54, 1.807) is 12.1 Å². The Kier molecular flexibility index (Phi) is 9.18. The first-order valence-corrected chi connectivity index (χ1v) is 24.4. The van der Waals surface area contributed by atoms with Crippen LogP contribution < -0.4 is 9.55 Å². The fraction of sp³-hybridized carbons (Fsp3) is 0.250. The van der Waals surface area contributed by atoms with Crippen molar-refractivity contribution in [3.05, 3.63) is 184 Å². The average Bonchev–Trinajstić information content (AvgIpc) is 4.00. The first kappa shape index (κ1) is 35.6. The molecule has 0 spiro atoms. The van der Waals surface area contributed by atoms with Crippen LogP contribution >= 0.6 is 0 Å². The van der Waals surface area contributed by atoms with Gasteiger partial charge in [0.2, 0.25) is 0 Å². The van der Waals surface area contributed by atoms with Crippen molar-refractivity contribution in [3.63, 3.8) is 0 Å². The zero-order valence-corrected chi connectivity index (χ0v) is 42.8. The van der Waals surface area contributed by atoms with Gasteiger partial charge >= 0.3 is 341 Å². The Morgan fingerprint density at radius 1 is 0.652 bits per heavy atom. The summed E-state index contributed by atoms with van der Waals surface area (Å²) in [6.07, 6.45) is 3.53. The standard InChI is InChI=1S/C60H59BN6O.Pt/c1-11-32-61-66(56-36-43(31-33-62-56)58(2,3)4)53-38-47(29-30-48(53)54-39-55(60(8,9)10)63-67(54)61)68-46-26-20-25-45(37-46)64-40-65(52-28-19-18-27-51(52)64)57-49(41-21-14-12-15-22-41)34-44(59(5,6)7)35-50(57)42-23-16-13-17-24-42;/h12-31,33-36,39H,11,32H2,1-10H3;/q-2;/i12D,13D,14D,15D,16D,17D,21D,22D,23D,24D;. The summed E-state index contributed by atoms with van der Waals surface area (Å²) in [7, 11) is 0. The van der Waals surface area contributed by atoms with Gasteiger partial charge in [-0.15, -0.1) is 0 Å². The summed E-state index contributed by atoms with van der Waals surface area (Å²) in [6, 6.07) is 29.1. The van der Waals surface area contributed by atoms with Crippen LogP contribution in [0, 0.1) is 15.9 Å². The van der Waals surface area contributed by atoms with Crippen molar-refractivity contribution in [2.24, 2.45) is 0 Å².